The third-order valence-corrected chi connectivity index (χ3v) is 3.56. The summed E-state index contributed by atoms with van der Waals surface area (Å²) in [6.45, 7) is 7.11. The topological polar surface area (TPSA) is 57.2 Å². The fraction of sp³-hybridized carbons (Fsp3) is 0.632. The predicted octanol–water partition coefficient (Wildman–Crippen LogP) is 3.90. The lowest BCUT2D eigenvalue weighted by Crippen LogP contribution is -2.39. The highest BCUT2D eigenvalue weighted by Gasteiger charge is 2.24. The van der Waals surface area contributed by atoms with E-state index in [1.54, 1.807) is 0 Å². The van der Waals surface area contributed by atoms with Gasteiger partial charge in [-0.15, -0.1) is 0 Å². The highest BCUT2D eigenvalue weighted by Crippen LogP contribution is 2.15. The fourth-order valence-electron chi connectivity index (χ4n) is 2.36. The number of benzene rings is 1. The number of carbonyl (C=O) groups excluding carboxylic acids is 1. The molecule has 1 aromatic rings. The van der Waals surface area contributed by atoms with Crippen LogP contribution in [0.15, 0.2) is 30.3 Å². The Labute approximate surface area is 149 Å². The van der Waals surface area contributed by atoms with Crippen LogP contribution in [0.4, 0.5) is 4.79 Å². The van der Waals surface area contributed by atoms with Crippen LogP contribution in [0, 0.1) is 0 Å². The van der Waals surface area contributed by atoms with E-state index >= 15 is 0 Å². The van der Waals surface area contributed by atoms with Gasteiger partial charge in [0.25, 0.3) is 0 Å². The van der Waals surface area contributed by atoms with Crippen molar-refractivity contribution in [2.45, 2.75) is 58.5 Å². The molecule has 0 bridgehead atoms. The van der Waals surface area contributed by atoms with Crippen molar-refractivity contribution in [1.82, 2.24) is 5.06 Å². The molecule has 1 aliphatic heterocycles. The number of hydroxylamine groups is 2. The first-order valence-corrected chi connectivity index (χ1v) is 8.84. The molecule has 1 heterocycles. The van der Waals surface area contributed by atoms with Crippen LogP contribution in [0.5, 0.6) is 0 Å². The standard InChI is InChI=1S/C19H29NO5/c1-19(2,3)25-18(21)20(24-15-16-9-5-4-6-10-16)12-14-23-17-11-7-8-13-22-17/h4-6,9-10,17H,7-8,11-15H2,1-3H3. The van der Waals surface area contributed by atoms with Crippen molar-refractivity contribution in [1.29, 1.82) is 0 Å². The summed E-state index contributed by atoms with van der Waals surface area (Å²) in [5.41, 5.74) is 0.395. The van der Waals surface area contributed by atoms with Crippen LogP contribution in [0.1, 0.15) is 45.6 Å². The lowest BCUT2D eigenvalue weighted by molar-refractivity contribution is -0.193. The Bertz CT molecular complexity index is 508. The fourth-order valence-corrected chi connectivity index (χ4v) is 2.36. The molecule has 1 aliphatic rings. The minimum Gasteiger partial charge on any atom is -0.442 e. The summed E-state index contributed by atoms with van der Waals surface area (Å²) in [6, 6.07) is 9.69. The molecule has 25 heavy (non-hydrogen) atoms. The molecule has 1 saturated heterocycles. The number of hydrogen-bond donors (Lipinski definition) is 0. The van der Waals surface area contributed by atoms with Crippen molar-refractivity contribution in [3.05, 3.63) is 35.9 Å². The molecule has 6 nitrogen and oxygen atoms in total. The van der Waals surface area contributed by atoms with Gasteiger partial charge in [-0.2, -0.15) is 5.06 Å². The number of amides is 1. The van der Waals surface area contributed by atoms with Gasteiger partial charge >= 0.3 is 6.09 Å². The molecule has 0 aliphatic carbocycles. The minimum absolute atomic E-state index is 0.191. The largest absolute Gasteiger partial charge is 0.442 e. The molecule has 2 rings (SSSR count). The molecule has 0 radical (unpaired) electrons. The van der Waals surface area contributed by atoms with E-state index < -0.39 is 11.7 Å². The first kappa shape index (κ1) is 19.7. The van der Waals surface area contributed by atoms with Crippen molar-refractivity contribution in [2.24, 2.45) is 0 Å². The van der Waals surface area contributed by atoms with Gasteiger partial charge in [0.05, 0.1) is 13.2 Å². The van der Waals surface area contributed by atoms with E-state index in [1.165, 1.54) is 5.06 Å². The Morgan fingerprint density at radius 2 is 2.00 bits per heavy atom. The van der Waals surface area contributed by atoms with E-state index in [9.17, 15) is 4.79 Å². The highest BCUT2D eigenvalue weighted by molar-refractivity contribution is 5.66. The van der Waals surface area contributed by atoms with E-state index in [4.69, 9.17) is 19.0 Å². The molecular weight excluding hydrogens is 322 g/mol. The maximum atomic E-state index is 12.4. The number of ether oxygens (including phenoxy) is 3. The van der Waals surface area contributed by atoms with Gasteiger partial charge in [0, 0.05) is 6.61 Å². The van der Waals surface area contributed by atoms with Crippen LogP contribution in [0.3, 0.4) is 0 Å². The average molecular weight is 351 g/mol. The molecule has 140 valence electrons. The molecule has 1 unspecified atom stereocenters. The lowest BCUT2D eigenvalue weighted by atomic mass is 10.2. The van der Waals surface area contributed by atoms with Crippen LogP contribution in [0.2, 0.25) is 0 Å². The summed E-state index contributed by atoms with van der Waals surface area (Å²) in [4.78, 5) is 18.0. The summed E-state index contributed by atoms with van der Waals surface area (Å²) >= 11 is 0. The van der Waals surface area contributed by atoms with Gasteiger partial charge in [0.15, 0.2) is 6.29 Å². The van der Waals surface area contributed by atoms with Crippen LogP contribution in [-0.4, -0.2) is 42.8 Å². The Morgan fingerprint density at radius 3 is 2.64 bits per heavy atom. The zero-order chi connectivity index (χ0) is 18.1. The second-order valence-electron chi connectivity index (χ2n) is 7.01. The van der Waals surface area contributed by atoms with Crippen molar-refractivity contribution >= 4 is 6.09 Å². The first-order valence-electron chi connectivity index (χ1n) is 8.84. The van der Waals surface area contributed by atoms with Gasteiger partial charge in [-0.05, 0) is 45.6 Å². The summed E-state index contributed by atoms with van der Waals surface area (Å²) in [7, 11) is 0. The summed E-state index contributed by atoms with van der Waals surface area (Å²) < 4.78 is 16.6. The quantitative estimate of drug-likeness (QED) is 0.697. The van der Waals surface area contributed by atoms with Crippen LogP contribution < -0.4 is 0 Å². The van der Waals surface area contributed by atoms with E-state index in [0.717, 1.165) is 31.4 Å². The molecule has 0 saturated carbocycles. The van der Waals surface area contributed by atoms with Gasteiger partial charge in [-0.25, -0.2) is 4.79 Å². The number of rotatable bonds is 7. The zero-order valence-electron chi connectivity index (χ0n) is 15.4. The number of nitrogens with zero attached hydrogens (tertiary/aromatic N) is 1. The summed E-state index contributed by atoms with van der Waals surface area (Å²) in [5, 5.41) is 1.22. The van der Waals surface area contributed by atoms with Crippen LogP contribution in [-0.2, 0) is 25.7 Å². The number of carbonyl (C=O) groups is 1. The van der Waals surface area contributed by atoms with Crippen molar-refractivity contribution < 1.29 is 23.8 Å². The maximum Gasteiger partial charge on any atom is 0.434 e. The zero-order valence-corrected chi connectivity index (χ0v) is 15.4. The Kier molecular flexibility index (Phi) is 7.68. The van der Waals surface area contributed by atoms with Gasteiger partial charge in [0.2, 0.25) is 0 Å². The second kappa shape index (κ2) is 9.75. The summed E-state index contributed by atoms with van der Waals surface area (Å²) in [5.74, 6) is 0. The van der Waals surface area contributed by atoms with Gasteiger partial charge in [-0.1, -0.05) is 30.3 Å². The third kappa shape index (κ3) is 7.86. The molecular formula is C19H29NO5. The monoisotopic (exact) mass is 351 g/mol. The predicted molar refractivity (Wildman–Crippen MR) is 93.7 cm³/mol. The van der Waals surface area contributed by atoms with Crippen molar-refractivity contribution in [3.63, 3.8) is 0 Å². The Morgan fingerprint density at radius 1 is 1.24 bits per heavy atom. The molecule has 0 N–H and O–H groups in total. The molecule has 0 aromatic heterocycles. The Balaban J connectivity index is 1.85. The first-order chi connectivity index (χ1) is 11.9. The van der Waals surface area contributed by atoms with Gasteiger partial charge in [0.1, 0.15) is 12.2 Å². The van der Waals surface area contributed by atoms with Gasteiger partial charge in [-0.3, -0.25) is 4.84 Å². The summed E-state index contributed by atoms with van der Waals surface area (Å²) in [6.07, 6.45) is 2.35. The SMILES string of the molecule is CC(C)(C)OC(=O)N(CCOC1CCCCO1)OCc1ccccc1. The number of hydrogen-bond acceptors (Lipinski definition) is 5. The normalized spacial score (nSPS) is 18.0. The van der Waals surface area contributed by atoms with E-state index in [0.29, 0.717) is 13.2 Å². The molecule has 1 atom stereocenters. The van der Waals surface area contributed by atoms with E-state index in [1.807, 2.05) is 51.1 Å². The Hall–Kier alpha value is -1.63. The third-order valence-electron chi connectivity index (χ3n) is 3.56. The average Bonchev–Trinajstić information content (AvgIpc) is 2.58. The van der Waals surface area contributed by atoms with Crippen LogP contribution in [0.25, 0.3) is 0 Å². The van der Waals surface area contributed by atoms with Crippen molar-refractivity contribution in [3.8, 4) is 0 Å². The van der Waals surface area contributed by atoms with Crippen LogP contribution >= 0.6 is 0 Å². The molecule has 0 spiro atoms. The van der Waals surface area contributed by atoms with E-state index in [-0.39, 0.29) is 12.8 Å². The highest BCUT2D eigenvalue weighted by atomic mass is 16.7. The minimum atomic E-state index is -0.585. The van der Waals surface area contributed by atoms with E-state index in [2.05, 4.69) is 0 Å². The lowest BCUT2D eigenvalue weighted by Gasteiger charge is -2.28. The second-order valence-corrected chi connectivity index (χ2v) is 7.01. The molecule has 1 amide bonds. The van der Waals surface area contributed by atoms with Gasteiger partial charge < -0.3 is 14.2 Å². The molecule has 1 fully saturated rings. The van der Waals surface area contributed by atoms with Crippen molar-refractivity contribution in [2.75, 3.05) is 19.8 Å². The molecule has 6 heteroatoms. The smallest absolute Gasteiger partial charge is 0.434 e. The molecule has 1 aromatic carbocycles. The maximum absolute atomic E-state index is 12.4.